The van der Waals surface area contributed by atoms with E-state index in [1.165, 1.54) is 0 Å². The number of amides is 1. The van der Waals surface area contributed by atoms with Crippen molar-refractivity contribution in [2.24, 2.45) is 0 Å². The summed E-state index contributed by atoms with van der Waals surface area (Å²) in [5.41, 5.74) is 1.87. The second kappa shape index (κ2) is 4.53. The lowest BCUT2D eigenvalue weighted by Gasteiger charge is -2.06. The Morgan fingerprint density at radius 1 is 1.62 bits per heavy atom. The van der Waals surface area contributed by atoms with E-state index in [0.717, 1.165) is 11.2 Å². The molecule has 0 aliphatic carbocycles. The number of hydrogen-bond donors (Lipinski definition) is 1. The number of carbonyl (C=O) groups excluding carboxylic acids is 1. The largest absolute Gasteiger partial charge is 0.351 e. The van der Waals surface area contributed by atoms with Gasteiger partial charge in [0.2, 0.25) is 5.91 Å². The van der Waals surface area contributed by atoms with Crippen LogP contribution in [0.3, 0.4) is 0 Å². The fourth-order valence-corrected chi connectivity index (χ4v) is 1.47. The number of carbonyl (C=O) groups is 1. The van der Waals surface area contributed by atoms with E-state index in [2.05, 4.69) is 10.3 Å². The van der Waals surface area contributed by atoms with Crippen molar-refractivity contribution in [1.29, 1.82) is 0 Å². The van der Waals surface area contributed by atoms with Crippen molar-refractivity contribution in [1.82, 2.24) is 14.7 Å². The minimum Gasteiger partial charge on any atom is -0.351 e. The summed E-state index contributed by atoms with van der Waals surface area (Å²) in [4.78, 5) is 15.4. The molecule has 4 nitrogen and oxygen atoms in total. The summed E-state index contributed by atoms with van der Waals surface area (Å²) in [5.74, 6) is -0.162. The maximum atomic E-state index is 11.3. The standard InChI is InChI=1S/C11H12ClN3O/c1-8(12)11(16)14-7-9-2-4-15-5-3-13-10(15)6-9/h2-6,8H,7H2,1H3,(H,14,16). The first-order chi connectivity index (χ1) is 7.66. The molecule has 0 radical (unpaired) electrons. The molecule has 5 heteroatoms. The van der Waals surface area contributed by atoms with Crippen LogP contribution >= 0.6 is 11.6 Å². The van der Waals surface area contributed by atoms with Crippen molar-refractivity contribution in [3.8, 4) is 0 Å². The van der Waals surface area contributed by atoms with E-state index in [1.54, 1.807) is 13.1 Å². The summed E-state index contributed by atoms with van der Waals surface area (Å²) in [6, 6.07) is 3.87. The first-order valence-electron chi connectivity index (χ1n) is 5.00. The van der Waals surface area contributed by atoms with Crippen LogP contribution in [0.15, 0.2) is 30.7 Å². The zero-order chi connectivity index (χ0) is 11.5. The third-order valence-corrected chi connectivity index (χ3v) is 2.49. The molecule has 0 saturated heterocycles. The monoisotopic (exact) mass is 237 g/mol. The van der Waals surface area contributed by atoms with E-state index in [0.29, 0.717) is 6.54 Å². The molecule has 2 rings (SSSR count). The lowest BCUT2D eigenvalue weighted by atomic mass is 10.2. The quantitative estimate of drug-likeness (QED) is 0.824. The predicted octanol–water partition coefficient (Wildman–Crippen LogP) is 1.58. The van der Waals surface area contributed by atoms with Crippen molar-refractivity contribution in [3.05, 3.63) is 36.3 Å². The summed E-state index contributed by atoms with van der Waals surface area (Å²) in [7, 11) is 0. The van der Waals surface area contributed by atoms with Gasteiger partial charge in [-0.2, -0.15) is 0 Å². The SMILES string of the molecule is CC(Cl)C(=O)NCc1ccn2ccnc2c1. The van der Waals surface area contributed by atoms with E-state index in [9.17, 15) is 4.79 Å². The molecule has 2 heterocycles. The molecule has 0 aromatic carbocycles. The molecule has 0 spiro atoms. The molecule has 2 aromatic heterocycles. The maximum absolute atomic E-state index is 11.3. The van der Waals surface area contributed by atoms with Gasteiger partial charge in [-0.15, -0.1) is 11.6 Å². The molecule has 0 saturated carbocycles. The summed E-state index contributed by atoms with van der Waals surface area (Å²) in [6.45, 7) is 2.12. The topological polar surface area (TPSA) is 46.4 Å². The predicted molar refractivity (Wildman–Crippen MR) is 62.4 cm³/mol. The molecule has 1 unspecified atom stereocenters. The highest BCUT2D eigenvalue weighted by Gasteiger charge is 2.07. The van der Waals surface area contributed by atoms with Gasteiger partial charge in [0.1, 0.15) is 11.0 Å². The Morgan fingerprint density at radius 3 is 3.19 bits per heavy atom. The summed E-state index contributed by atoms with van der Waals surface area (Å²) in [6.07, 6.45) is 5.52. The number of hydrogen-bond acceptors (Lipinski definition) is 2. The molecule has 16 heavy (non-hydrogen) atoms. The number of nitrogens with zero attached hydrogens (tertiary/aromatic N) is 2. The molecule has 0 aliphatic rings. The molecule has 1 N–H and O–H groups in total. The molecular weight excluding hydrogens is 226 g/mol. The van der Waals surface area contributed by atoms with Gasteiger partial charge in [0.15, 0.2) is 0 Å². The van der Waals surface area contributed by atoms with Crippen molar-refractivity contribution in [2.45, 2.75) is 18.8 Å². The van der Waals surface area contributed by atoms with Crippen LogP contribution in [0.2, 0.25) is 0 Å². The average Bonchev–Trinajstić information content (AvgIpc) is 2.72. The van der Waals surface area contributed by atoms with Gasteiger partial charge in [0.25, 0.3) is 0 Å². The number of aromatic nitrogens is 2. The van der Waals surface area contributed by atoms with Crippen LogP contribution < -0.4 is 5.32 Å². The number of nitrogens with one attached hydrogen (secondary N) is 1. The zero-order valence-electron chi connectivity index (χ0n) is 8.85. The third kappa shape index (κ3) is 2.33. The Kier molecular flexibility index (Phi) is 3.10. The van der Waals surface area contributed by atoms with E-state index < -0.39 is 5.38 Å². The molecule has 1 amide bonds. The summed E-state index contributed by atoms with van der Waals surface area (Å²) in [5, 5.41) is 2.24. The second-order valence-electron chi connectivity index (χ2n) is 3.56. The van der Waals surface area contributed by atoms with E-state index in [1.807, 2.05) is 28.9 Å². The molecule has 0 aliphatic heterocycles. The maximum Gasteiger partial charge on any atom is 0.238 e. The first-order valence-corrected chi connectivity index (χ1v) is 5.44. The number of imidazole rings is 1. The number of fused-ring (bicyclic) bond motifs is 1. The molecule has 1 atom stereocenters. The highest BCUT2D eigenvalue weighted by Crippen LogP contribution is 2.05. The van der Waals surface area contributed by atoms with Gasteiger partial charge in [-0.05, 0) is 24.6 Å². The van der Waals surface area contributed by atoms with Crippen LogP contribution in [-0.4, -0.2) is 20.7 Å². The van der Waals surface area contributed by atoms with E-state index >= 15 is 0 Å². The number of pyridine rings is 1. The number of rotatable bonds is 3. The fraction of sp³-hybridized carbons (Fsp3) is 0.273. The van der Waals surface area contributed by atoms with Gasteiger partial charge < -0.3 is 9.72 Å². The minimum absolute atomic E-state index is 0.162. The van der Waals surface area contributed by atoms with Crippen LogP contribution in [0, 0.1) is 0 Å². The van der Waals surface area contributed by atoms with Gasteiger partial charge >= 0.3 is 0 Å². The molecule has 0 bridgehead atoms. The summed E-state index contributed by atoms with van der Waals surface area (Å²) >= 11 is 5.64. The third-order valence-electron chi connectivity index (χ3n) is 2.29. The second-order valence-corrected chi connectivity index (χ2v) is 4.22. The van der Waals surface area contributed by atoms with Crippen LogP contribution in [0.25, 0.3) is 5.65 Å². The summed E-state index contributed by atoms with van der Waals surface area (Å²) < 4.78 is 1.91. The lowest BCUT2D eigenvalue weighted by molar-refractivity contribution is -0.120. The van der Waals surface area contributed by atoms with Crippen LogP contribution in [0.5, 0.6) is 0 Å². The Morgan fingerprint density at radius 2 is 2.44 bits per heavy atom. The van der Waals surface area contributed by atoms with E-state index in [4.69, 9.17) is 11.6 Å². The minimum atomic E-state index is -0.504. The van der Waals surface area contributed by atoms with Crippen LogP contribution in [0.1, 0.15) is 12.5 Å². The zero-order valence-corrected chi connectivity index (χ0v) is 9.61. The fourth-order valence-electron chi connectivity index (χ4n) is 1.39. The van der Waals surface area contributed by atoms with Gasteiger partial charge in [-0.1, -0.05) is 0 Å². The Labute approximate surface area is 98.2 Å². The van der Waals surface area contributed by atoms with Crippen molar-refractivity contribution in [3.63, 3.8) is 0 Å². The smallest absolute Gasteiger partial charge is 0.238 e. The highest BCUT2D eigenvalue weighted by molar-refractivity contribution is 6.30. The van der Waals surface area contributed by atoms with E-state index in [-0.39, 0.29) is 5.91 Å². The average molecular weight is 238 g/mol. The van der Waals surface area contributed by atoms with Gasteiger partial charge in [0, 0.05) is 25.1 Å². The lowest BCUT2D eigenvalue weighted by Crippen LogP contribution is -2.29. The van der Waals surface area contributed by atoms with Crippen LogP contribution in [-0.2, 0) is 11.3 Å². The highest BCUT2D eigenvalue weighted by atomic mass is 35.5. The molecule has 0 fully saturated rings. The molecular formula is C11H12ClN3O. The molecule has 2 aromatic rings. The normalized spacial score (nSPS) is 12.6. The Balaban J connectivity index is 2.06. The van der Waals surface area contributed by atoms with Crippen molar-refractivity contribution >= 4 is 23.2 Å². The first kappa shape index (κ1) is 11.0. The number of halogens is 1. The number of alkyl halides is 1. The van der Waals surface area contributed by atoms with Gasteiger partial charge in [0.05, 0.1) is 0 Å². The Hall–Kier alpha value is -1.55. The van der Waals surface area contributed by atoms with Gasteiger partial charge in [-0.3, -0.25) is 4.79 Å². The molecule has 84 valence electrons. The van der Waals surface area contributed by atoms with Gasteiger partial charge in [-0.25, -0.2) is 4.98 Å². The van der Waals surface area contributed by atoms with Crippen molar-refractivity contribution in [2.75, 3.05) is 0 Å². The van der Waals surface area contributed by atoms with Crippen LogP contribution in [0.4, 0.5) is 0 Å². The Bertz CT molecular complexity index is 507. The van der Waals surface area contributed by atoms with Crippen molar-refractivity contribution < 1.29 is 4.79 Å².